The second-order valence-electron chi connectivity index (χ2n) is 6.15. The van der Waals surface area contributed by atoms with Gasteiger partial charge in [-0.2, -0.15) is 0 Å². The van der Waals surface area contributed by atoms with Gasteiger partial charge < -0.3 is 5.11 Å². The Balaban J connectivity index is 1.81. The molecule has 0 aliphatic carbocycles. The Morgan fingerprint density at radius 2 is 1.35 bits per heavy atom. The van der Waals surface area contributed by atoms with Crippen LogP contribution >= 0.6 is 0 Å². The smallest absolute Gasteiger partial charge is 0.123 e. The molecule has 0 radical (unpaired) electrons. The van der Waals surface area contributed by atoms with Crippen molar-refractivity contribution >= 4 is 0 Å². The fourth-order valence-corrected chi connectivity index (χ4v) is 3.06. The zero-order valence-electron chi connectivity index (χ0n) is 14.2. The van der Waals surface area contributed by atoms with Gasteiger partial charge in [-0.15, -0.1) is 5.10 Å². The third-order valence-electron chi connectivity index (χ3n) is 4.37. The van der Waals surface area contributed by atoms with Crippen molar-refractivity contribution in [2.24, 2.45) is 0 Å². The summed E-state index contributed by atoms with van der Waals surface area (Å²) in [5, 5.41) is 19.8. The average molecular weight is 341 g/mol. The van der Waals surface area contributed by atoms with Gasteiger partial charge in [0.25, 0.3) is 0 Å². The molecule has 0 aliphatic heterocycles. The topological polar surface area (TPSA) is 50.9 Å². The zero-order valence-corrected chi connectivity index (χ0v) is 14.2. The number of benzene rings is 3. The van der Waals surface area contributed by atoms with Crippen LogP contribution in [0.15, 0.2) is 91.0 Å². The number of hydrogen-bond donors (Lipinski definition) is 1. The summed E-state index contributed by atoms with van der Waals surface area (Å²) in [6, 6.07) is 29.5. The largest absolute Gasteiger partial charge is 0.382 e. The summed E-state index contributed by atoms with van der Waals surface area (Å²) in [6.07, 6.45) is -0.801. The molecule has 3 aromatic carbocycles. The highest BCUT2D eigenvalue weighted by Crippen LogP contribution is 2.30. The van der Waals surface area contributed by atoms with E-state index in [9.17, 15) is 5.11 Å². The maximum absolute atomic E-state index is 11.1. The van der Waals surface area contributed by atoms with Crippen molar-refractivity contribution in [3.63, 3.8) is 0 Å². The number of hydrogen-bond acceptors (Lipinski definition) is 3. The molecule has 128 valence electrons. The van der Waals surface area contributed by atoms with Gasteiger partial charge in [-0.25, -0.2) is 4.68 Å². The second kappa shape index (κ2) is 7.33. The molecule has 1 heterocycles. The molecule has 4 aromatic rings. The van der Waals surface area contributed by atoms with Crippen molar-refractivity contribution in [1.82, 2.24) is 15.0 Å². The van der Waals surface area contributed by atoms with Crippen molar-refractivity contribution in [2.75, 3.05) is 0 Å². The minimum absolute atomic E-state index is 0.555. The van der Waals surface area contributed by atoms with Crippen LogP contribution in [0.1, 0.15) is 22.9 Å². The van der Waals surface area contributed by atoms with Gasteiger partial charge in [0, 0.05) is 5.56 Å². The van der Waals surface area contributed by atoms with E-state index in [2.05, 4.69) is 10.3 Å². The molecule has 0 spiro atoms. The van der Waals surface area contributed by atoms with Gasteiger partial charge in [0.15, 0.2) is 0 Å². The molecular weight excluding hydrogens is 322 g/mol. The van der Waals surface area contributed by atoms with Crippen molar-refractivity contribution in [3.8, 4) is 11.3 Å². The van der Waals surface area contributed by atoms with Gasteiger partial charge in [0.2, 0.25) is 0 Å². The quantitative estimate of drug-likeness (QED) is 0.595. The van der Waals surface area contributed by atoms with Crippen molar-refractivity contribution in [3.05, 3.63) is 108 Å². The molecule has 4 rings (SSSR count). The number of aromatic nitrogens is 3. The maximum atomic E-state index is 11.1. The first-order valence-electron chi connectivity index (χ1n) is 8.58. The average Bonchev–Trinajstić information content (AvgIpc) is 3.13. The lowest BCUT2D eigenvalue weighted by atomic mass is 10.0. The van der Waals surface area contributed by atoms with Gasteiger partial charge >= 0.3 is 0 Å². The summed E-state index contributed by atoms with van der Waals surface area (Å²) in [6.45, 7) is 0.555. The molecule has 4 nitrogen and oxygen atoms in total. The van der Waals surface area contributed by atoms with E-state index in [0.29, 0.717) is 17.9 Å². The van der Waals surface area contributed by atoms with Crippen LogP contribution in [-0.4, -0.2) is 20.1 Å². The SMILES string of the molecule is O[C@@H](c1ccccc1)c1c(-c2ccccc2)nnn1Cc1ccccc1. The van der Waals surface area contributed by atoms with Crippen molar-refractivity contribution < 1.29 is 5.11 Å². The minimum atomic E-state index is -0.801. The molecule has 26 heavy (non-hydrogen) atoms. The fraction of sp³-hybridized carbons (Fsp3) is 0.0909. The number of rotatable bonds is 5. The Kier molecular flexibility index (Phi) is 4.58. The molecule has 1 N–H and O–H groups in total. The Morgan fingerprint density at radius 1 is 0.769 bits per heavy atom. The maximum Gasteiger partial charge on any atom is 0.123 e. The van der Waals surface area contributed by atoms with E-state index in [4.69, 9.17) is 0 Å². The third-order valence-corrected chi connectivity index (χ3v) is 4.37. The predicted molar refractivity (Wildman–Crippen MR) is 102 cm³/mol. The number of aliphatic hydroxyl groups is 1. The molecule has 4 heteroatoms. The van der Waals surface area contributed by atoms with E-state index >= 15 is 0 Å². The zero-order chi connectivity index (χ0) is 17.8. The summed E-state index contributed by atoms with van der Waals surface area (Å²) >= 11 is 0. The lowest BCUT2D eigenvalue weighted by Crippen LogP contribution is -2.12. The van der Waals surface area contributed by atoms with Crippen LogP contribution in [0.2, 0.25) is 0 Å². The molecule has 1 aromatic heterocycles. The number of nitrogens with zero attached hydrogens (tertiary/aromatic N) is 3. The summed E-state index contributed by atoms with van der Waals surface area (Å²) in [7, 11) is 0. The van der Waals surface area contributed by atoms with E-state index in [1.54, 1.807) is 4.68 Å². The van der Waals surface area contributed by atoms with Crippen LogP contribution in [0.4, 0.5) is 0 Å². The van der Waals surface area contributed by atoms with Crippen LogP contribution in [0.3, 0.4) is 0 Å². The molecule has 0 unspecified atom stereocenters. The van der Waals surface area contributed by atoms with Gasteiger partial charge in [0.05, 0.1) is 6.54 Å². The van der Waals surface area contributed by atoms with E-state index in [1.165, 1.54) is 0 Å². The van der Waals surface area contributed by atoms with Crippen LogP contribution < -0.4 is 0 Å². The fourth-order valence-electron chi connectivity index (χ4n) is 3.06. The summed E-state index contributed by atoms with van der Waals surface area (Å²) in [5.41, 5.74) is 4.28. The normalized spacial score (nSPS) is 12.0. The van der Waals surface area contributed by atoms with Gasteiger partial charge in [0.1, 0.15) is 17.5 Å². The summed E-state index contributed by atoms with van der Waals surface area (Å²) < 4.78 is 1.79. The molecule has 0 fully saturated rings. The summed E-state index contributed by atoms with van der Waals surface area (Å²) in [5.74, 6) is 0. The third kappa shape index (κ3) is 3.27. The van der Waals surface area contributed by atoms with Crippen LogP contribution in [0, 0.1) is 0 Å². The highest BCUT2D eigenvalue weighted by atomic mass is 16.3. The van der Waals surface area contributed by atoms with Crippen LogP contribution in [0.5, 0.6) is 0 Å². The van der Waals surface area contributed by atoms with Gasteiger partial charge in [-0.1, -0.05) is 96.2 Å². The first-order valence-corrected chi connectivity index (χ1v) is 8.58. The Labute approximate surface area is 152 Å². The first-order chi connectivity index (χ1) is 12.8. The van der Waals surface area contributed by atoms with E-state index in [1.807, 2.05) is 91.0 Å². The lowest BCUT2D eigenvalue weighted by Gasteiger charge is -2.15. The highest BCUT2D eigenvalue weighted by Gasteiger charge is 2.23. The van der Waals surface area contributed by atoms with Crippen LogP contribution in [-0.2, 0) is 6.54 Å². The molecule has 0 saturated heterocycles. The van der Waals surface area contributed by atoms with E-state index < -0.39 is 6.10 Å². The van der Waals surface area contributed by atoms with Crippen LogP contribution in [0.25, 0.3) is 11.3 Å². The van der Waals surface area contributed by atoms with E-state index in [0.717, 1.165) is 16.7 Å². The standard InChI is InChI=1S/C22H19N3O/c26-22(19-14-8-3-9-15-19)21-20(18-12-6-2-7-13-18)23-24-25(21)16-17-10-4-1-5-11-17/h1-15,22,26H,16H2/t22-/m0/s1. The highest BCUT2D eigenvalue weighted by molar-refractivity contribution is 5.62. The second-order valence-corrected chi connectivity index (χ2v) is 6.15. The van der Waals surface area contributed by atoms with Gasteiger partial charge in [-0.05, 0) is 11.1 Å². The Morgan fingerprint density at radius 3 is 2.00 bits per heavy atom. The molecule has 1 atom stereocenters. The molecule has 0 amide bonds. The van der Waals surface area contributed by atoms with Crippen molar-refractivity contribution in [2.45, 2.75) is 12.6 Å². The van der Waals surface area contributed by atoms with Gasteiger partial charge in [-0.3, -0.25) is 0 Å². The minimum Gasteiger partial charge on any atom is -0.382 e. The first kappa shape index (κ1) is 16.2. The van der Waals surface area contributed by atoms with Crippen molar-refractivity contribution in [1.29, 1.82) is 0 Å². The Hall–Kier alpha value is -3.24. The number of aliphatic hydroxyl groups excluding tert-OH is 1. The Bertz CT molecular complexity index is 966. The molecular formula is C22H19N3O. The summed E-state index contributed by atoms with van der Waals surface area (Å²) in [4.78, 5) is 0. The monoisotopic (exact) mass is 341 g/mol. The van der Waals surface area contributed by atoms with E-state index in [-0.39, 0.29) is 0 Å². The molecule has 0 bridgehead atoms. The predicted octanol–water partition coefficient (Wildman–Crippen LogP) is 4.08. The lowest BCUT2D eigenvalue weighted by molar-refractivity contribution is 0.209. The molecule has 0 saturated carbocycles. The molecule has 0 aliphatic rings.